The second-order valence-electron chi connectivity index (χ2n) is 4.48. The van der Waals surface area contributed by atoms with Gasteiger partial charge >= 0.3 is 0 Å². The molecule has 102 valence electrons. The Balaban J connectivity index is 2.13. The highest BCUT2D eigenvalue weighted by Gasteiger charge is 2.15. The molecule has 0 fully saturated rings. The summed E-state index contributed by atoms with van der Waals surface area (Å²) in [5.41, 5.74) is 1.26. The lowest BCUT2D eigenvalue weighted by atomic mass is 10.0. The van der Waals surface area contributed by atoms with Crippen molar-refractivity contribution < 1.29 is 4.42 Å². The molecule has 1 aromatic heterocycles. The smallest absolute Gasteiger partial charge is 0.193 e. The molecule has 1 heterocycles. The van der Waals surface area contributed by atoms with Gasteiger partial charge in [-0.1, -0.05) is 35.0 Å². The average Bonchev–Trinajstić information content (AvgIpc) is 2.81. The monoisotopic (exact) mass is 341 g/mol. The Hall–Kier alpha value is -0.770. The van der Waals surface area contributed by atoms with Crippen LogP contribution in [-0.4, -0.2) is 6.54 Å². The lowest BCUT2D eigenvalue weighted by Crippen LogP contribution is -2.23. The van der Waals surface area contributed by atoms with Crippen molar-refractivity contribution in [1.29, 1.82) is 0 Å². The second kappa shape index (κ2) is 7.13. The largest absolute Gasteiger partial charge is 0.448 e. The quantitative estimate of drug-likeness (QED) is 0.801. The zero-order valence-electron chi connectivity index (χ0n) is 10.8. The van der Waals surface area contributed by atoms with E-state index in [9.17, 15) is 0 Å². The molecule has 1 N–H and O–H groups in total. The number of hydrogen-bond donors (Lipinski definition) is 1. The Morgan fingerprint density at radius 2 is 2.16 bits per heavy atom. The summed E-state index contributed by atoms with van der Waals surface area (Å²) in [6.45, 7) is 3.11. The van der Waals surface area contributed by atoms with Crippen LogP contribution in [0.2, 0.25) is 5.22 Å². The molecule has 0 aliphatic rings. The molecule has 0 aliphatic heterocycles. The molecule has 0 amide bonds. The van der Waals surface area contributed by atoms with E-state index in [-0.39, 0.29) is 6.04 Å². The molecule has 0 saturated heterocycles. The fourth-order valence-corrected chi connectivity index (χ4v) is 2.61. The van der Waals surface area contributed by atoms with Gasteiger partial charge in [0.25, 0.3) is 0 Å². The van der Waals surface area contributed by atoms with Crippen LogP contribution in [0.25, 0.3) is 0 Å². The highest BCUT2D eigenvalue weighted by atomic mass is 79.9. The molecule has 2 rings (SSSR count). The van der Waals surface area contributed by atoms with Gasteiger partial charge in [-0.3, -0.25) is 0 Å². The summed E-state index contributed by atoms with van der Waals surface area (Å²) in [7, 11) is 0. The summed E-state index contributed by atoms with van der Waals surface area (Å²) >= 11 is 9.36. The van der Waals surface area contributed by atoms with Crippen molar-refractivity contribution in [3.05, 3.63) is 57.4 Å². The molecule has 0 radical (unpaired) electrons. The predicted molar refractivity (Wildman–Crippen MR) is 82.6 cm³/mol. The third-order valence-corrected chi connectivity index (χ3v) is 3.60. The van der Waals surface area contributed by atoms with Gasteiger partial charge in [0, 0.05) is 4.47 Å². The molecule has 2 aromatic rings. The minimum absolute atomic E-state index is 0.154. The first-order valence-electron chi connectivity index (χ1n) is 6.42. The van der Waals surface area contributed by atoms with Crippen LogP contribution in [0, 0.1) is 0 Å². The first-order chi connectivity index (χ1) is 9.19. The zero-order chi connectivity index (χ0) is 13.7. The Bertz CT molecular complexity index is 526. The van der Waals surface area contributed by atoms with Crippen molar-refractivity contribution in [2.45, 2.75) is 25.8 Å². The molecule has 0 aliphatic carbocycles. The van der Waals surface area contributed by atoms with E-state index in [1.165, 1.54) is 5.56 Å². The van der Waals surface area contributed by atoms with Crippen LogP contribution in [0.15, 0.2) is 45.3 Å². The first kappa shape index (κ1) is 14.6. The highest BCUT2D eigenvalue weighted by molar-refractivity contribution is 9.10. The molecule has 1 unspecified atom stereocenters. The van der Waals surface area contributed by atoms with Gasteiger partial charge in [-0.15, -0.1) is 0 Å². The van der Waals surface area contributed by atoms with Gasteiger partial charge in [-0.05, 0) is 60.8 Å². The minimum Gasteiger partial charge on any atom is -0.448 e. The standard InChI is InChI=1S/C15H17BrClNO/c1-2-8-18-13(14-6-7-15(17)19-14)10-11-4-3-5-12(16)9-11/h3-7,9,13,18H,2,8,10H2,1H3. The van der Waals surface area contributed by atoms with E-state index in [1.54, 1.807) is 6.07 Å². The number of hydrogen-bond acceptors (Lipinski definition) is 2. The Morgan fingerprint density at radius 1 is 1.32 bits per heavy atom. The molecular formula is C15H17BrClNO. The molecule has 1 atom stereocenters. The van der Waals surface area contributed by atoms with Crippen LogP contribution in [0.4, 0.5) is 0 Å². The highest BCUT2D eigenvalue weighted by Crippen LogP contribution is 2.24. The maximum Gasteiger partial charge on any atom is 0.193 e. The summed E-state index contributed by atoms with van der Waals surface area (Å²) in [5.74, 6) is 0.887. The third-order valence-electron chi connectivity index (χ3n) is 2.91. The van der Waals surface area contributed by atoms with Crippen molar-refractivity contribution in [2.24, 2.45) is 0 Å². The lowest BCUT2D eigenvalue weighted by Gasteiger charge is -2.16. The summed E-state index contributed by atoms with van der Waals surface area (Å²) in [4.78, 5) is 0. The Morgan fingerprint density at radius 3 is 2.79 bits per heavy atom. The van der Waals surface area contributed by atoms with Crippen molar-refractivity contribution >= 4 is 27.5 Å². The van der Waals surface area contributed by atoms with Gasteiger partial charge in [0.15, 0.2) is 5.22 Å². The lowest BCUT2D eigenvalue weighted by molar-refractivity contribution is 0.411. The number of halogens is 2. The van der Waals surface area contributed by atoms with E-state index in [0.29, 0.717) is 5.22 Å². The minimum atomic E-state index is 0.154. The van der Waals surface area contributed by atoms with Gasteiger partial charge in [0.05, 0.1) is 6.04 Å². The molecule has 4 heteroatoms. The third kappa shape index (κ3) is 4.37. The van der Waals surface area contributed by atoms with Crippen molar-refractivity contribution in [2.75, 3.05) is 6.54 Å². The van der Waals surface area contributed by atoms with Crippen LogP contribution in [0.3, 0.4) is 0 Å². The molecule has 0 spiro atoms. The van der Waals surface area contributed by atoms with E-state index >= 15 is 0 Å². The fourth-order valence-electron chi connectivity index (χ4n) is 2.01. The molecule has 1 aromatic carbocycles. The average molecular weight is 343 g/mol. The summed E-state index contributed by atoms with van der Waals surface area (Å²) in [6, 6.07) is 12.2. The SMILES string of the molecule is CCCNC(Cc1cccc(Br)c1)c1ccc(Cl)o1. The number of furan rings is 1. The zero-order valence-corrected chi connectivity index (χ0v) is 13.2. The maximum absolute atomic E-state index is 5.86. The van der Waals surface area contributed by atoms with E-state index in [1.807, 2.05) is 18.2 Å². The van der Waals surface area contributed by atoms with Crippen molar-refractivity contribution in [3.63, 3.8) is 0 Å². The van der Waals surface area contributed by atoms with Gasteiger partial charge in [0.2, 0.25) is 0 Å². The van der Waals surface area contributed by atoms with E-state index in [2.05, 4.69) is 40.3 Å². The van der Waals surface area contributed by atoms with E-state index in [4.69, 9.17) is 16.0 Å². The van der Waals surface area contributed by atoms with E-state index < -0.39 is 0 Å². The first-order valence-corrected chi connectivity index (χ1v) is 7.59. The van der Waals surface area contributed by atoms with Crippen LogP contribution in [-0.2, 0) is 6.42 Å². The predicted octanol–water partition coefficient (Wildman–Crippen LogP) is 4.98. The van der Waals surface area contributed by atoms with Crippen molar-refractivity contribution in [1.82, 2.24) is 5.32 Å². The van der Waals surface area contributed by atoms with Crippen LogP contribution >= 0.6 is 27.5 Å². The summed E-state index contributed by atoms with van der Waals surface area (Å²) < 4.78 is 6.63. The molecule has 2 nitrogen and oxygen atoms in total. The number of rotatable bonds is 6. The Kier molecular flexibility index (Phi) is 5.49. The maximum atomic E-state index is 5.86. The summed E-state index contributed by atoms with van der Waals surface area (Å²) in [5, 5.41) is 3.94. The normalized spacial score (nSPS) is 12.6. The number of nitrogens with one attached hydrogen (secondary N) is 1. The van der Waals surface area contributed by atoms with E-state index in [0.717, 1.165) is 29.6 Å². The topological polar surface area (TPSA) is 25.2 Å². The van der Waals surface area contributed by atoms with Gasteiger partial charge in [-0.2, -0.15) is 0 Å². The molecule has 0 bridgehead atoms. The molecule has 19 heavy (non-hydrogen) atoms. The second-order valence-corrected chi connectivity index (χ2v) is 5.77. The molecule has 0 saturated carbocycles. The van der Waals surface area contributed by atoms with Crippen LogP contribution < -0.4 is 5.32 Å². The number of benzene rings is 1. The fraction of sp³-hybridized carbons (Fsp3) is 0.333. The van der Waals surface area contributed by atoms with Gasteiger partial charge < -0.3 is 9.73 Å². The van der Waals surface area contributed by atoms with Crippen LogP contribution in [0.5, 0.6) is 0 Å². The van der Waals surface area contributed by atoms with Crippen molar-refractivity contribution in [3.8, 4) is 0 Å². The van der Waals surface area contributed by atoms with Gasteiger partial charge in [0.1, 0.15) is 5.76 Å². The summed E-state index contributed by atoms with van der Waals surface area (Å²) in [6.07, 6.45) is 1.96. The van der Waals surface area contributed by atoms with Crippen LogP contribution in [0.1, 0.15) is 30.7 Å². The molecular weight excluding hydrogens is 326 g/mol. The van der Waals surface area contributed by atoms with Gasteiger partial charge in [-0.25, -0.2) is 0 Å². The Labute approximate surface area is 127 Å².